The van der Waals surface area contributed by atoms with Gasteiger partial charge in [-0.2, -0.15) is 8.42 Å². The van der Waals surface area contributed by atoms with Crippen molar-refractivity contribution in [3.63, 3.8) is 0 Å². The topological polar surface area (TPSA) is 43.4 Å². The lowest BCUT2D eigenvalue weighted by molar-refractivity contribution is 0.513. The van der Waals surface area contributed by atoms with Gasteiger partial charge >= 0.3 is 0 Å². The van der Waals surface area contributed by atoms with E-state index in [1.54, 1.807) is 6.07 Å². The lowest BCUT2D eigenvalue weighted by Gasteiger charge is -2.07. The number of aryl methyl sites for hydroxylation is 1. The summed E-state index contributed by atoms with van der Waals surface area (Å²) in [6.07, 6.45) is 6.04. The van der Waals surface area contributed by atoms with Crippen LogP contribution in [0.5, 0.6) is 5.75 Å². The number of rotatable bonds is 7. The first-order chi connectivity index (χ1) is 9.70. The van der Waals surface area contributed by atoms with Gasteiger partial charge in [0.2, 0.25) is 0 Å². The number of thiol groups is 1. The van der Waals surface area contributed by atoms with Crippen LogP contribution in [0.1, 0.15) is 38.2 Å². The predicted molar refractivity (Wildman–Crippen MR) is 82.7 cm³/mol. The molecule has 108 valence electrons. The fourth-order valence-corrected chi connectivity index (χ4v) is 2.69. The molecule has 0 unspecified atom stereocenters. The lowest BCUT2D eigenvalue weighted by atomic mass is 10.0. The maximum atomic E-state index is 10.7. The average molecular weight is 292 g/mol. The molecule has 20 heavy (non-hydrogen) atoms. The molecule has 0 spiro atoms. The van der Waals surface area contributed by atoms with E-state index < -0.39 is 11.0 Å². The number of hydrogen-bond donors (Lipinski definition) is 1. The third-order valence-electron chi connectivity index (χ3n) is 3.40. The van der Waals surface area contributed by atoms with Crippen molar-refractivity contribution in [1.82, 2.24) is 0 Å². The minimum absolute atomic E-state index is 0.399. The zero-order chi connectivity index (χ0) is 14.4. The van der Waals surface area contributed by atoms with Crippen molar-refractivity contribution in [3.05, 3.63) is 42.0 Å². The first-order valence-electron chi connectivity index (χ1n) is 7.04. The Hall–Kier alpha value is -1.55. The molecule has 0 heterocycles. The minimum atomic E-state index is -2.87. The van der Waals surface area contributed by atoms with Gasteiger partial charge in [0.15, 0.2) is 0 Å². The molecule has 0 aliphatic rings. The van der Waals surface area contributed by atoms with Crippen LogP contribution in [0.25, 0.3) is 10.8 Å². The second-order valence-electron chi connectivity index (χ2n) is 4.94. The van der Waals surface area contributed by atoms with Gasteiger partial charge in [-0.3, -0.25) is 0 Å². The summed E-state index contributed by atoms with van der Waals surface area (Å²) in [4.78, 5) is 0. The quantitative estimate of drug-likeness (QED) is 0.622. The molecule has 2 rings (SSSR count). The molecular formula is C16H20O3S. The van der Waals surface area contributed by atoms with Gasteiger partial charge in [0, 0.05) is 5.39 Å². The van der Waals surface area contributed by atoms with Crippen LogP contribution >= 0.6 is 0 Å². The predicted octanol–water partition coefficient (Wildman–Crippen LogP) is 3.87. The van der Waals surface area contributed by atoms with E-state index in [1.807, 2.05) is 18.2 Å². The summed E-state index contributed by atoms with van der Waals surface area (Å²) in [5.74, 6) is 0.399. The zero-order valence-corrected chi connectivity index (χ0v) is 12.6. The van der Waals surface area contributed by atoms with Gasteiger partial charge in [0.05, 0.1) is 0 Å². The maximum Gasteiger partial charge on any atom is 0.299 e. The highest BCUT2D eigenvalue weighted by molar-refractivity contribution is 7.67. The molecule has 0 aliphatic carbocycles. The summed E-state index contributed by atoms with van der Waals surface area (Å²) in [6.45, 7) is 2.21. The Morgan fingerprint density at radius 1 is 1.05 bits per heavy atom. The van der Waals surface area contributed by atoms with Gasteiger partial charge in [0.25, 0.3) is 11.0 Å². The highest BCUT2D eigenvalue weighted by atomic mass is 32.2. The van der Waals surface area contributed by atoms with Crippen LogP contribution in [0, 0.1) is 0 Å². The molecular weight excluding hydrogens is 272 g/mol. The van der Waals surface area contributed by atoms with Crippen molar-refractivity contribution in [1.29, 1.82) is 0 Å². The highest BCUT2D eigenvalue weighted by Gasteiger charge is 2.04. The summed E-state index contributed by atoms with van der Waals surface area (Å²) >= 11 is 0. The first kappa shape index (κ1) is 14.9. The van der Waals surface area contributed by atoms with E-state index in [-0.39, 0.29) is 0 Å². The smallest absolute Gasteiger partial charge is 0.299 e. The van der Waals surface area contributed by atoms with E-state index in [9.17, 15) is 8.42 Å². The van der Waals surface area contributed by atoms with E-state index in [4.69, 9.17) is 4.18 Å². The number of hydrogen-bond acceptors (Lipinski definition) is 3. The van der Waals surface area contributed by atoms with Gasteiger partial charge in [-0.1, -0.05) is 56.5 Å². The van der Waals surface area contributed by atoms with Crippen LogP contribution in [0.15, 0.2) is 36.4 Å². The van der Waals surface area contributed by atoms with Crippen molar-refractivity contribution in [3.8, 4) is 5.75 Å². The zero-order valence-electron chi connectivity index (χ0n) is 11.7. The molecule has 0 atom stereocenters. The Morgan fingerprint density at radius 2 is 1.90 bits per heavy atom. The van der Waals surface area contributed by atoms with Crippen LogP contribution in [0.2, 0.25) is 0 Å². The molecule has 0 fully saturated rings. The molecule has 0 aromatic heterocycles. The van der Waals surface area contributed by atoms with E-state index in [2.05, 4.69) is 19.1 Å². The number of fused-ring (bicyclic) bond motifs is 1. The Labute approximate surface area is 121 Å². The van der Waals surface area contributed by atoms with Gasteiger partial charge in [-0.05, 0) is 29.9 Å². The Morgan fingerprint density at radius 3 is 2.65 bits per heavy atom. The molecule has 4 heteroatoms. The molecule has 2 aromatic rings. The molecule has 0 aliphatic heterocycles. The maximum absolute atomic E-state index is 10.7. The van der Waals surface area contributed by atoms with Gasteiger partial charge < -0.3 is 4.18 Å². The Kier molecular flexibility index (Phi) is 5.41. The molecule has 3 nitrogen and oxygen atoms in total. The van der Waals surface area contributed by atoms with E-state index in [0.29, 0.717) is 5.75 Å². The van der Waals surface area contributed by atoms with Gasteiger partial charge in [0.1, 0.15) is 5.75 Å². The summed E-state index contributed by atoms with van der Waals surface area (Å²) in [5, 5.41) is 1.86. The third-order valence-corrected chi connectivity index (χ3v) is 3.74. The fraction of sp³-hybridized carbons (Fsp3) is 0.375. The number of benzene rings is 2. The molecule has 0 radical (unpaired) electrons. The molecule has 0 N–H and O–H groups in total. The molecule has 0 saturated carbocycles. The Balaban J connectivity index is 2.18. The molecule has 0 bridgehead atoms. The standard InChI is InChI=1S/C16H20O3S/c1-2-3-4-5-7-13-10-11-15-14(12-13)8-6-9-16(15)19-20(17)18/h6,8-12,20H,2-5,7H2,1H3. The van der Waals surface area contributed by atoms with Crippen molar-refractivity contribution in [2.24, 2.45) is 0 Å². The summed E-state index contributed by atoms with van der Waals surface area (Å²) in [7, 11) is -2.87. The van der Waals surface area contributed by atoms with Crippen molar-refractivity contribution in [2.75, 3.05) is 0 Å². The van der Waals surface area contributed by atoms with Crippen LogP contribution in [-0.2, 0) is 17.4 Å². The van der Waals surface area contributed by atoms with Crippen molar-refractivity contribution < 1.29 is 12.6 Å². The minimum Gasteiger partial charge on any atom is -0.384 e. The monoisotopic (exact) mass is 292 g/mol. The third kappa shape index (κ3) is 3.97. The average Bonchev–Trinajstić information content (AvgIpc) is 2.43. The van der Waals surface area contributed by atoms with Crippen molar-refractivity contribution >= 4 is 21.8 Å². The van der Waals surface area contributed by atoms with Crippen LogP contribution in [0.3, 0.4) is 0 Å². The van der Waals surface area contributed by atoms with E-state index in [0.717, 1.165) is 17.2 Å². The fourth-order valence-electron chi connectivity index (χ4n) is 2.37. The molecule has 2 aromatic carbocycles. The Bertz CT molecular complexity index is 639. The highest BCUT2D eigenvalue weighted by Crippen LogP contribution is 2.27. The van der Waals surface area contributed by atoms with Crippen LogP contribution < -0.4 is 4.18 Å². The van der Waals surface area contributed by atoms with E-state index in [1.165, 1.54) is 31.2 Å². The summed E-state index contributed by atoms with van der Waals surface area (Å²) < 4.78 is 26.2. The normalized spacial score (nSPS) is 11.1. The lowest BCUT2D eigenvalue weighted by Crippen LogP contribution is -1.92. The SMILES string of the molecule is CCCCCCc1ccc2c(O[SH](=O)=O)cccc2c1. The van der Waals surface area contributed by atoms with Gasteiger partial charge in [-0.25, -0.2) is 0 Å². The van der Waals surface area contributed by atoms with E-state index >= 15 is 0 Å². The van der Waals surface area contributed by atoms with Gasteiger partial charge in [-0.15, -0.1) is 0 Å². The second-order valence-corrected chi connectivity index (χ2v) is 5.57. The summed E-state index contributed by atoms with van der Waals surface area (Å²) in [5.41, 5.74) is 1.29. The summed E-state index contributed by atoms with van der Waals surface area (Å²) in [6, 6.07) is 11.6. The number of unbranched alkanes of at least 4 members (excludes halogenated alkanes) is 3. The van der Waals surface area contributed by atoms with Crippen LogP contribution in [-0.4, -0.2) is 8.42 Å². The largest absolute Gasteiger partial charge is 0.384 e. The van der Waals surface area contributed by atoms with Crippen molar-refractivity contribution in [2.45, 2.75) is 39.0 Å². The second kappa shape index (κ2) is 7.29. The van der Waals surface area contributed by atoms with Crippen LogP contribution in [0.4, 0.5) is 0 Å². The molecule has 0 amide bonds. The molecule has 0 saturated heterocycles. The first-order valence-corrected chi connectivity index (χ1v) is 8.14.